The van der Waals surface area contributed by atoms with Crippen LogP contribution < -0.4 is 0 Å². The van der Waals surface area contributed by atoms with Gasteiger partial charge in [-0.05, 0) is 45.6 Å². The summed E-state index contributed by atoms with van der Waals surface area (Å²) in [5, 5.41) is 0. The van der Waals surface area contributed by atoms with E-state index in [-0.39, 0.29) is 17.4 Å². The maximum absolute atomic E-state index is 6.52. The third-order valence-electron chi connectivity index (χ3n) is 5.02. The molecule has 0 aromatic heterocycles. The summed E-state index contributed by atoms with van der Waals surface area (Å²) in [6.45, 7) is 10.4. The molecule has 0 bridgehead atoms. The number of piperidine rings is 1. The average molecular weight is 315 g/mol. The number of allylic oxidation sites excluding steroid dienone is 1. The highest BCUT2D eigenvalue weighted by Crippen LogP contribution is 2.53. The fraction of sp³-hybridized carbons (Fsp3) is 0.526. The van der Waals surface area contributed by atoms with E-state index in [2.05, 4.69) is 62.6 Å². The Morgan fingerprint density at radius 3 is 2.64 bits per heavy atom. The third-order valence-corrected chi connectivity index (χ3v) is 5.55. The number of hydrogen-bond donors (Lipinski definition) is 0. The summed E-state index contributed by atoms with van der Waals surface area (Å²) in [5.74, 6) is 0.407. The fourth-order valence-electron chi connectivity index (χ4n) is 4.16. The van der Waals surface area contributed by atoms with Crippen LogP contribution in [0.25, 0.3) is 0 Å². The van der Waals surface area contributed by atoms with Crippen molar-refractivity contribution in [1.82, 2.24) is 4.90 Å². The van der Waals surface area contributed by atoms with E-state index in [0.29, 0.717) is 5.92 Å². The van der Waals surface area contributed by atoms with Gasteiger partial charge < -0.3 is 9.64 Å². The van der Waals surface area contributed by atoms with Crippen LogP contribution in [0.5, 0.6) is 0 Å². The summed E-state index contributed by atoms with van der Waals surface area (Å²) in [6, 6.07) is 10.8. The van der Waals surface area contributed by atoms with Crippen LogP contribution >= 0.6 is 12.2 Å². The maximum Gasteiger partial charge on any atom is 0.140 e. The van der Waals surface area contributed by atoms with Crippen LogP contribution in [0.2, 0.25) is 0 Å². The van der Waals surface area contributed by atoms with Gasteiger partial charge in [-0.1, -0.05) is 48.6 Å². The zero-order chi connectivity index (χ0) is 16.0. The molecule has 0 spiro atoms. The normalized spacial score (nSPS) is 33.6. The Balaban J connectivity index is 2.04. The van der Waals surface area contributed by atoms with Gasteiger partial charge in [0.05, 0.1) is 16.6 Å². The predicted molar refractivity (Wildman–Crippen MR) is 94.7 cm³/mol. The molecule has 1 aromatic carbocycles. The summed E-state index contributed by atoms with van der Waals surface area (Å²) in [6.07, 6.45) is 5.03. The second-order valence-corrected chi connectivity index (χ2v) is 7.58. The molecule has 118 valence electrons. The average Bonchev–Trinajstić information content (AvgIpc) is 2.69. The monoisotopic (exact) mass is 315 g/mol. The van der Waals surface area contributed by atoms with Gasteiger partial charge in [-0.2, -0.15) is 0 Å². The number of fused-ring (bicyclic) bond motifs is 1. The zero-order valence-electron chi connectivity index (χ0n) is 13.7. The Morgan fingerprint density at radius 1 is 1.32 bits per heavy atom. The molecule has 3 heteroatoms. The fourth-order valence-corrected chi connectivity index (χ4v) is 4.67. The van der Waals surface area contributed by atoms with E-state index < -0.39 is 0 Å². The summed E-state index contributed by atoms with van der Waals surface area (Å²) in [7, 11) is 0. The van der Waals surface area contributed by atoms with Crippen molar-refractivity contribution in [3.05, 3.63) is 48.6 Å². The van der Waals surface area contributed by atoms with Gasteiger partial charge in [0.15, 0.2) is 0 Å². The molecule has 2 aliphatic rings. The van der Waals surface area contributed by atoms with Gasteiger partial charge in [0, 0.05) is 5.92 Å². The molecule has 1 aromatic rings. The molecule has 0 N–H and O–H groups in total. The Morgan fingerprint density at radius 2 is 2.00 bits per heavy atom. The summed E-state index contributed by atoms with van der Waals surface area (Å²) in [5.41, 5.74) is 0.722. The second-order valence-electron chi connectivity index (χ2n) is 7.16. The lowest BCUT2D eigenvalue weighted by molar-refractivity contribution is -0.114. The first-order valence-corrected chi connectivity index (χ1v) is 8.49. The quantitative estimate of drug-likeness (QED) is 0.583. The molecule has 22 heavy (non-hydrogen) atoms. The molecule has 0 saturated carbocycles. The van der Waals surface area contributed by atoms with E-state index in [1.165, 1.54) is 5.56 Å². The van der Waals surface area contributed by atoms with Crippen LogP contribution in [0.3, 0.4) is 0 Å². The van der Waals surface area contributed by atoms with Crippen LogP contribution in [-0.4, -0.2) is 21.2 Å². The van der Waals surface area contributed by atoms with Crippen molar-refractivity contribution >= 4 is 17.2 Å². The van der Waals surface area contributed by atoms with Crippen molar-refractivity contribution in [3.63, 3.8) is 0 Å². The Kier molecular flexibility index (Phi) is 3.90. The highest BCUT2D eigenvalue weighted by Gasteiger charge is 2.57. The van der Waals surface area contributed by atoms with Gasteiger partial charge in [-0.15, -0.1) is 6.58 Å². The number of hydrogen-bond acceptors (Lipinski definition) is 2. The minimum absolute atomic E-state index is 0.166. The zero-order valence-corrected chi connectivity index (χ0v) is 14.5. The van der Waals surface area contributed by atoms with Gasteiger partial charge in [0.2, 0.25) is 0 Å². The topological polar surface area (TPSA) is 12.5 Å². The van der Waals surface area contributed by atoms with Crippen molar-refractivity contribution < 1.29 is 4.74 Å². The number of nitrogens with zero attached hydrogens (tertiary/aromatic N) is 1. The Bertz CT molecular complexity index is 582. The first-order chi connectivity index (χ1) is 10.4. The predicted octanol–water partition coefficient (Wildman–Crippen LogP) is 4.87. The first kappa shape index (κ1) is 15.7. The van der Waals surface area contributed by atoms with Crippen molar-refractivity contribution in [2.24, 2.45) is 5.92 Å². The lowest BCUT2D eigenvalue weighted by Crippen LogP contribution is -2.52. The lowest BCUT2D eigenvalue weighted by atomic mass is 9.85. The highest BCUT2D eigenvalue weighted by atomic mass is 32.1. The third kappa shape index (κ3) is 2.40. The molecule has 3 atom stereocenters. The lowest BCUT2D eigenvalue weighted by Gasteiger charge is -2.45. The largest absolute Gasteiger partial charge is 0.348 e. The van der Waals surface area contributed by atoms with E-state index >= 15 is 0 Å². The highest BCUT2D eigenvalue weighted by molar-refractivity contribution is 7.80. The van der Waals surface area contributed by atoms with Crippen LogP contribution in [0.15, 0.2) is 43.0 Å². The van der Waals surface area contributed by atoms with Crippen molar-refractivity contribution in [3.8, 4) is 0 Å². The summed E-state index contributed by atoms with van der Waals surface area (Å²) in [4.78, 5) is 3.41. The number of benzene rings is 1. The first-order valence-electron chi connectivity index (χ1n) is 8.08. The van der Waals surface area contributed by atoms with E-state index in [4.69, 9.17) is 17.0 Å². The molecule has 2 saturated heterocycles. The van der Waals surface area contributed by atoms with Gasteiger partial charge in [-0.25, -0.2) is 0 Å². The van der Waals surface area contributed by atoms with Crippen LogP contribution in [0, 0.1) is 5.92 Å². The van der Waals surface area contributed by atoms with Gasteiger partial charge >= 0.3 is 0 Å². The summed E-state index contributed by atoms with van der Waals surface area (Å²) < 4.78 is 6.52. The molecule has 2 fully saturated rings. The minimum Gasteiger partial charge on any atom is -0.348 e. The molecular formula is C19H25NOS. The SMILES string of the molecule is C=CCC1CC[C@]2(C)OC(C)(C)[C@@H](c3ccccc3)N2C1=S. The van der Waals surface area contributed by atoms with Gasteiger partial charge in [0.25, 0.3) is 0 Å². The van der Waals surface area contributed by atoms with E-state index in [1.807, 2.05) is 6.08 Å². The maximum atomic E-state index is 6.52. The molecule has 2 aliphatic heterocycles. The molecule has 0 aliphatic carbocycles. The van der Waals surface area contributed by atoms with Crippen LogP contribution in [-0.2, 0) is 4.74 Å². The number of rotatable bonds is 3. The van der Waals surface area contributed by atoms with Crippen LogP contribution in [0.1, 0.15) is 51.6 Å². The molecule has 2 nitrogen and oxygen atoms in total. The molecule has 3 rings (SSSR count). The smallest absolute Gasteiger partial charge is 0.140 e. The van der Waals surface area contributed by atoms with Gasteiger partial charge in [0.1, 0.15) is 5.72 Å². The molecule has 2 heterocycles. The van der Waals surface area contributed by atoms with E-state index in [9.17, 15) is 0 Å². The standard InChI is InChI=1S/C19H25NOS/c1-5-9-15-12-13-19(4)20(17(15)22)16(18(2,3)21-19)14-10-7-6-8-11-14/h5-8,10-11,15-16H,1,9,12-13H2,2-4H3/t15?,16-,19+/m1/s1. The second kappa shape index (κ2) is 5.47. The van der Waals surface area contributed by atoms with Crippen molar-refractivity contribution in [2.45, 2.75) is 57.4 Å². The Hall–Kier alpha value is -1.19. The molecular weight excluding hydrogens is 290 g/mol. The molecule has 0 amide bonds. The summed E-state index contributed by atoms with van der Waals surface area (Å²) >= 11 is 5.88. The van der Waals surface area contributed by atoms with Crippen molar-refractivity contribution in [1.29, 1.82) is 0 Å². The number of thiocarbonyl (C=S) groups is 1. The minimum atomic E-state index is -0.293. The van der Waals surface area contributed by atoms with E-state index in [0.717, 1.165) is 24.3 Å². The molecule has 1 unspecified atom stereocenters. The van der Waals surface area contributed by atoms with Crippen molar-refractivity contribution in [2.75, 3.05) is 0 Å². The van der Waals surface area contributed by atoms with E-state index in [1.54, 1.807) is 0 Å². The Labute approximate surface area is 139 Å². The number of ether oxygens (including phenoxy) is 1. The molecule has 0 radical (unpaired) electrons. The van der Waals surface area contributed by atoms with Gasteiger partial charge in [-0.3, -0.25) is 0 Å². The van der Waals surface area contributed by atoms with Crippen LogP contribution in [0.4, 0.5) is 0 Å².